The Kier molecular flexibility index (Phi) is 4.36. The smallest absolute Gasteiger partial charge is 0.227 e. The van der Waals surface area contributed by atoms with E-state index in [2.05, 4.69) is 5.10 Å². The number of carbonyl (C=O) groups excluding carboxylic acids is 1. The van der Waals surface area contributed by atoms with Gasteiger partial charge in [0.15, 0.2) is 0 Å². The molecule has 0 bridgehead atoms. The second-order valence-electron chi connectivity index (χ2n) is 4.97. The maximum absolute atomic E-state index is 12.4. The quantitative estimate of drug-likeness (QED) is 0.848. The lowest BCUT2D eigenvalue weighted by Gasteiger charge is -2.30. The molecule has 5 heteroatoms. The predicted molar refractivity (Wildman–Crippen MR) is 69.9 cm³/mol. The highest BCUT2D eigenvalue weighted by Gasteiger charge is 2.25. The predicted octanol–water partition coefficient (Wildman–Crippen LogP) is 0.550. The van der Waals surface area contributed by atoms with Gasteiger partial charge in [-0.2, -0.15) is 5.10 Å². The standard InChI is InChI=1S/C13H22N4O/c1-16-12(5-6-15-16)9-11(10-14)13(18)17-7-3-2-4-8-17/h5-6,11H,2-4,7-10,14H2,1H3. The van der Waals surface area contributed by atoms with E-state index in [1.54, 1.807) is 6.20 Å². The van der Waals surface area contributed by atoms with Crippen LogP contribution in [0.15, 0.2) is 12.3 Å². The van der Waals surface area contributed by atoms with Crippen molar-refractivity contribution in [2.75, 3.05) is 19.6 Å². The fourth-order valence-corrected chi connectivity index (χ4v) is 2.50. The van der Waals surface area contributed by atoms with Crippen molar-refractivity contribution in [3.63, 3.8) is 0 Å². The fraction of sp³-hybridized carbons (Fsp3) is 0.692. The molecular formula is C13H22N4O. The van der Waals surface area contributed by atoms with Gasteiger partial charge >= 0.3 is 0 Å². The minimum atomic E-state index is -0.113. The van der Waals surface area contributed by atoms with Crippen molar-refractivity contribution in [2.45, 2.75) is 25.7 Å². The molecule has 1 amide bonds. The molecule has 1 aliphatic rings. The lowest BCUT2D eigenvalue weighted by atomic mass is 10.00. The number of hydrogen-bond acceptors (Lipinski definition) is 3. The molecule has 18 heavy (non-hydrogen) atoms. The third-order valence-corrected chi connectivity index (χ3v) is 3.68. The van der Waals surface area contributed by atoms with Gasteiger partial charge in [-0.25, -0.2) is 0 Å². The maximum atomic E-state index is 12.4. The van der Waals surface area contributed by atoms with E-state index in [4.69, 9.17) is 5.73 Å². The SMILES string of the molecule is Cn1nccc1CC(CN)C(=O)N1CCCCC1. The van der Waals surface area contributed by atoms with Crippen molar-refractivity contribution in [3.05, 3.63) is 18.0 Å². The van der Waals surface area contributed by atoms with Gasteiger partial charge in [0.1, 0.15) is 0 Å². The molecule has 1 aromatic heterocycles. The highest BCUT2D eigenvalue weighted by atomic mass is 16.2. The zero-order chi connectivity index (χ0) is 13.0. The van der Waals surface area contributed by atoms with Gasteiger partial charge in [-0.1, -0.05) is 0 Å². The van der Waals surface area contributed by atoms with Crippen LogP contribution in [-0.4, -0.2) is 40.2 Å². The number of rotatable bonds is 4. The van der Waals surface area contributed by atoms with Crippen LogP contribution in [0.2, 0.25) is 0 Å². The highest BCUT2D eigenvalue weighted by molar-refractivity contribution is 5.79. The van der Waals surface area contributed by atoms with Gasteiger partial charge in [-0.3, -0.25) is 9.48 Å². The summed E-state index contributed by atoms with van der Waals surface area (Å²) < 4.78 is 1.81. The molecule has 2 heterocycles. The van der Waals surface area contributed by atoms with Crippen LogP contribution in [0, 0.1) is 5.92 Å². The van der Waals surface area contributed by atoms with Gasteiger partial charge in [-0.15, -0.1) is 0 Å². The molecule has 0 radical (unpaired) electrons. The van der Waals surface area contributed by atoms with Crippen LogP contribution in [0.25, 0.3) is 0 Å². The number of piperidine rings is 1. The number of carbonyl (C=O) groups is 1. The van der Waals surface area contributed by atoms with Crippen LogP contribution >= 0.6 is 0 Å². The van der Waals surface area contributed by atoms with Gasteiger partial charge in [0, 0.05) is 45.0 Å². The normalized spacial score (nSPS) is 17.8. The summed E-state index contributed by atoms with van der Waals surface area (Å²) in [6.07, 6.45) is 5.92. The molecule has 1 aliphatic heterocycles. The molecule has 1 atom stereocenters. The first-order valence-corrected chi connectivity index (χ1v) is 6.68. The van der Waals surface area contributed by atoms with Crippen molar-refractivity contribution in [3.8, 4) is 0 Å². The number of nitrogens with zero attached hydrogens (tertiary/aromatic N) is 3. The number of likely N-dealkylation sites (tertiary alicyclic amines) is 1. The van der Waals surface area contributed by atoms with Crippen LogP contribution in [0.4, 0.5) is 0 Å². The van der Waals surface area contributed by atoms with Crippen molar-refractivity contribution >= 4 is 5.91 Å². The van der Waals surface area contributed by atoms with Gasteiger partial charge in [-0.05, 0) is 25.3 Å². The van der Waals surface area contributed by atoms with Gasteiger partial charge < -0.3 is 10.6 Å². The molecule has 100 valence electrons. The summed E-state index contributed by atoms with van der Waals surface area (Å²) >= 11 is 0. The molecule has 5 nitrogen and oxygen atoms in total. The molecule has 0 spiro atoms. The number of aromatic nitrogens is 2. The second-order valence-corrected chi connectivity index (χ2v) is 4.97. The third kappa shape index (κ3) is 2.90. The van der Waals surface area contributed by atoms with Crippen LogP contribution in [0.3, 0.4) is 0 Å². The van der Waals surface area contributed by atoms with Gasteiger partial charge in [0.05, 0.1) is 5.92 Å². The molecule has 2 rings (SSSR count). The van der Waals surface area contributed by atoms with Crippen LogP contribution in [0.1, 0.15) is 25.0 Å². The maximum Gasteiger partial charge on any atom is 0.227 e. The van der Waals surface area contributed by atoms with E-state index in [1.165, 1.54) is 6.42 Å². The van der Waals surface area contributed by atoms with Crippen molar-refractivity contribution in [2.24, 2.45) is 18.7 Å². The lowest BCUT2D eigenvalue weighted by molar-refractivity contribution is -0.136. The second kappa shape index (κ2) is 6.00. The van der Waals surface area contributed by atoms with Crippen LogP contribution in [0.5, 0.6) is 0 Å². The lowest BCUT2D eigenvalue weighted by Crippen LogP contribution is -2.42. The largest absolute Gasteiger partial charge is 0.342 e. The summed E-state index contributed by atoms with van der Waals surface area (Å²) in [6, 6.07) is 1.95. The Morgan fingerprint density at radius 2 is 2.17 bits per heavy atom. The summed E-state index contributed by atoms with van der Waals surface area (Å²) in [7, 11) is 1.90. The number of aryl methyl sites for hydroxylation is 1. The molecule has 0 saturated carbocycles. The number of amides is 1. The molecule has 1 unspecified atom stereocenters. The molecule has 1 saturated heterocycles. The first-order valence-electron chi connectivity index (χ1n) is 6.68. The van der Waals surface area contributed by atoms with Gasteiger partial charge in [0.2, 0.25) is 5.91 Å². The Labute approximate surface area is 108 Å². The molecule has 0 aliphatic carbocycles. The minimum Gasteiger partial charge on any atom is -0.342 e. The molecular weight excluding hydrogens is 228 g/mol. The summed E-state index contributed by atoms with van der Waals surface area (Å²) in [5, 5.41) is 4.13. The van der Waals surface area contributed by atoms with Crippen molar-refractivity contribution < 1.29 is 4.79 Å². The van der Waals surface area contributed by atoms with E-state index in [0.29, 0.717) is 13.0 Å². The fourth-order valence-electron chi connectivity index (χ4n) is 2.50. The zero-order valence-corrected chi connectivity index (χ0v) is 11.0. The Bertz CT molecular complexity index is 395. The first-order chi connectivity index (χ1) is 8.72. The summed E-state index contributed by atoms with van der Waals surface area (Å²) in [6.45, 7) is 2.18. The van der Waals surface area contributed by atoms with Crippen LogP contribution in [-0.2, 0) is 18.3 Å². The average molecular weight is 250 g/mol. The molecule has 1 fully saturated rings. The monoisotopic (exact) mass is 250 g/mol. The van der Waals surface area contributed by atoms with E-state index in [9.17, 15) is 4.79 Å². The number of hydrogen-bond donors (Lipinski definition) is 1. The van der Waals surface area contributed by atoms with Crippen LogP contribution < -0.4 is 5.73 Å². The van der Waals surface area contributed by atoms with E-state index in [-0.39, 0.29) is 11.8 Å². The van der Waals surface area contributed by atoms with Crippen molar-refractivity contribution in [1.82, 2.24) is 14.7 Å². The van der Waals surface area contributed by atoms with Crippen molar-refractivity contribution in [1.29, 1.82) is 0 Å². The van der Waals surface area contributed by atoms with E-state index < -0.39 is 0 Å². The minimum absolute atomic E-state index is 0.113. The van der Waals surface area contributed by atoms with E-state index >= 15 is 0 Å². The highest BCUT2D eigenvalue weighted by Crippen LogP contribution is 2.15. The Hall–Kier alpha value is -1.36. The molecule has 1 aromatic rings. The van der Waals surface area contributed by atoms with E-state index in [1.807, 2.05) is 22.7 Å². The summed E-state index contributed by atoms with van der Waals surface area (Å²) in [5.74, 6) is 0.0944. The van der Waals surface area contributed by atoms with E-state index in [0.717, 1.165) is 31.6 Å². The Morgan fingerprint density at radius 3 is 2.72 bits per heavy atom. The molecule has 0 aromatic carbocycles. The zero-order valence-electron chi connectivity index (χ0n) is 11.0. The topological polar surface area (TPSA) is 64.2 Å². The first kappa shape index (κ1) is 13.1. The average Bonchev–Trinajstić information content (AvgIpc) is 2.81. The number of nitrogens with two attached hydrogens (primary N) is 1. The summed E-state index contributed by atoms with van der Waals surface area (Å²) in [5.41, 5.74) is 6.84. The Balaban J connectivity index is 1.99. The third-order valence-electron chi connectivity index (χ3n) is 3.68. The van der Waals surface area contributed by atoms with Gasteiger partial charge in [0.25, 0.3) is 0 Å². The Morgan fingerprint density at radius 1 is 1.44 bits per heavy atom. The molecule has 2 N–H and O–H groups in total. The summed E-state index contributed by atoms with van der Waals surface area (Å²) in [4.78, 5) is 14.4.